The predicted octanol–water partition coefficient (Wildman–Crippen LogP) is 2.13. The number of H-pyrrole nitrogens is 1. The van der Waals surface area contributed by atoms with E-state index in [9.17, 15) is 9.59 Å². The molecule has 2 aliphatic rings. The van der Waals surface area contributed by atoms with Crippen molar-refractivity contribution in [2.75, 3.05) is 20.1 Å². The second kappa shape index (κ2) is 6.27. The molecule has 0 bridgehead atoms. The van der Waals surface area contributed by atoms with E-state index in [0.717, 1.165) is 30.5 Å². The van der Waals surface area contributed by atoms with Crippen molar-refractivity contribution >= 4 is 11.8 Å². The summed E-state index contributed by atoms with van der Waals surface area (Å²) >= 11 is 0. The standard InChI is InChI=1S/C20H24N4O2/c1-13-11-17(23-22-13)19(26)24-9-7-20(8-10-24)12-15(18(25)21-2)14-5-3-4-6-16(14)20/h3-6,11,15H,7-10,12H2,1-2H3,(H,21,25)(H,22,23)/t15-/m1/s1. The lowest BCUT2D eigenvalue weighted by molar-refractivity contribution is -0.122. The molecule has 6 nitrogen and oxygen atoms in total. The largest absolute Gasteiger partial charge is 0.359 e. The molecule has 4 rings (SSSR count). The topological polar surface area (TPSA) is 78.1 Å². The van der Waals surface area contributed by atoms with Crippen molar-refractivity contribution in [3.63, 3.8) is 0 Å². The monoisotopic (exact) mass is 352 g/mol. The van der Waals surface area contributed by atoms with Gasteiger partial charge in [-0.15, -0.1) is 0 Å². The van der Waals surface area contributed by atoms with Crippen LogP contribution in [0.1, 0.15) is 52.5 Å². The number of hydrogen-bond donors (Lipinski definition) is 2. The highest BCUT2D eigenvalue weighted by molar-refractivity contribution is 5.92. The maximum atomic E-state index is 12.7. The maximum absolute atomic E-state index is 12.7. The molecule has 2 heterocycles. The number of nitrogens with zero attached hydrogens (tertiary/aromatic N) is 2. The number of nitrogens with one attached hydrogen (secondary N) is 2. The molecule has 136 valence electrons. The summed E-state index contributed by atoms with van der Waals surface area (Å²) < 4.78 is 0. The first-order valence-corrected chi connectivity index (χ1v) is 9.16. The highest BCUT2D eigenvalue weighted by Crippen LogP contribution is 2.51. The van der Waals surface area contributed by atoms with E-state index < -0.39 is 0 Å². The number of carbonyl (C=O) groups excluding carboxylic acids is 2. The van der Waals surface area contributed by atoms with Gasteiger partial charge in [-0.25, -0.2) is 0 Å². The van der Waals surface area contributed by atoms with Gasteiger partial charge in [0.15, 0.2) is 0 Å². The summed E-state index contributed by atoms with van der Waals surface area (Å²) in [6, 6.07) is 10.1. The molecule has 0 unspecified atom stereocenters. The van der Waals surface area contributed by atoms with Gasteiger partial charge in [-0.3, -0.25) is 14.7 Å². The third kappa shape index (κ3) is 2.60. The number of likely N-dealkylation sites (N-methyl/N-ethyl adjacent to an activating group) is 1. The molecule has 1 saturated heterocycles. The Balaban J connectivity index is 1.55. The smallest absolute Gasteiger partial charge is 0.274 e. The quantitative estimate of drug-likeness (QED) is 0.869. The number of aromatic amines is 1. The van der Waals surface area contributed by atoms with E-state index in [1.165, 1.54) is 5.56 Å². The Bertz CT molecular complexity index is 849. The number of carbonyl (C=O) groups is 2. The number of amides is 2. The van der Waals surface area contributed by atoms with Crippen molar-refractivity contribution in [3.05, 3.63) is 52.8 Å². The molecule has 2 aromatic rings. The average molecular weight is 352 g/mol. The fourth-order valence-electron chi connectivity index (χ4n) is 4.60. The Morgan fingerprint density at radius 3 is 2.65 bits per heavy atom. The van der Waals surface area contributed by atoms with Gasteiger partial charge in [0.05, 0.1) is 5.92 Å². The predicted molar refractivity (Wildman–Crippen MR) is 98.0 cm³/mol. The van der Waals surface area contributed by atoms with Gasteiger partial charge < -0.3 is 10.2 Å². The van der Waals surface area contributed by atoms with Crippen molar-refractivity contribution in [3.8, 4) is 0 Å². The van der Waals surface area contributed by atoms with Gasteiger partial charge in [0.1, 0.15) is 5.69 Å². The second-order valence-corrected chi connectivity index (χ2v) is 7.47. The normalized spacial score (nSPS) is 20.8. The minimum Gasteiger partial charge on any atom is -0.359 e. The first-order chi connectivity index (χ1) is 12.5. The van der Waals surface area contributed by atoms with Gasteiger partial charge in [-0.2, -0.15) is 5.10 Å². The Morgan fingerprint density at radius 2 is 2.00 bits per heavy atom. The lowest BCUT2D eigenvalue weighted by atomic mass is 9.73. The zero-order valence-corrected chi connectivity index (χ0v) is 15.2. The van der Waals surface area contributed by atoms with Crippen LogP contribution in [0.15, 0.2) is 30.3 Å². The van der Waals surface area contributed by atoms with Gasteiger partial charge in [0.2, 0.25) is 5.91 Å². The molecule has 26 heavy (non-hydrogen) atoms. The van der Waals surface area contributed by atoms with Crippen LogP contribution < -0.4 is 5.32 Å². The first-order valence-electron chi connectivity index (χ1n) is 9.16. The minimum absolute atomic E-state index is 0.00790. The fourth-order valence-corrected chi connectivity index (χ4v) is 4.60. The molecule has 1 aliphatic heterocycles. The maximum Gasteiger partial charge on any atom is 0.274 e. The van der Waals surface area contributed by atoms with E-state index in [1.54, 1.807) is 13.1 Å². The van der Waals surface area contributed by atoms with Gasteiger partial charge >= 0.3 is 0 Å². The Labute approximate surface area is 153 Å². The van der Waals surface area contributed by atoms with Crippen LogP contribution in [0.25, 0.3) is 0 Å². The third-order valence-corrected chi connectivity index (χ3v) is 6.00. The number of rotatable bonds is 2. The second-order valence-electron chi connectivity index (χ2n) is 7.47. The Kier molecular flexibility index (Phi) is 4.05. The van der Waals surface area contributed by atoms with Crippen LogP contribution in [0.3, 0.4) is 0 Å². The summed E-state index contributed by atoms with van der Waals surface area (Å²) in [6.45, 7) is 3.28. The van der Waals surface area contributed by atoms with E-state index in [0.29, 0.717) is 18.8 Å². The summed E-state index contributed by atoms with van der Waals surface area (Å²) in [7, 11) is 1.70. The van der Waals surface area contributed by atoms with Crippen LogP contribution in [0.4, 0.5) is 0 Å². The van der Waals surface area contributed by atoms with Crippen molar-refractivity contribution in [1.29, 1.82) is 0 Å². The van der Waals surface area contributed by atoms with Crippen molar-refractivity contribution in [1.82, 2.24) is 20.4 Å². The highest BCUT2D eigenvalue weighted by atomic mass is 16.2. The molecule has 1 aromatic heterocycles. The van der Waals surface area contributed by atoms with E-state index >= 15 is 0 Å². The summed E-state index contributed by atoms with van der Waals surface area (Å²) in [4.78, 5) is 26.9. The zero-order chi connectivity index (χ0) is 18.3. The molecular weight excluding hydrogens is 328 g/mol. The van der Waals surface area contributed by atoms with E-state index in [4.69, 9.17) is 0 Å². The first kappa shape index (κ1) is 16.8. The molecule has 2 N–H and O–H groups in total. The summed E-state index contributed by atoms with van der Waals surface area (Å²) in [5.74, 6) is -0.0226. The zero-order valence-electron chi connectivity index (χ0n) is 15.2. The number of benzene rings is 1. The molecule has 6 heteroatoms. The average Bonchev–Trinajstić information content (AvgIpc) is 3.24. The highest BCUT2D eigenvalue weighted by Gasteiger charge is 2.47. The summed E-state index contributed by atoms with van der Waals surface area (Å²) in [5, 5.41) is 9.73. The van der Waals surface area contributed by atoms with Crippen LogP contribution in [-0.4, -0.2) is 47.0 Å². The molecular formula is C20H24N4O2. The number of aryl methyl sites for hydroxylation is 1. The van der Waals surface area contributed by atoms with Crippen molar-refractivity contribution < 1.29 is 9.59 Å². The molecule has 1 aliphatic carbocycles. The fraction of sp³-hybridized carbons (Fsp3) is 0.450. The van der Waals surface area contributed by atoms with Crippen LogP contribution in [-0.2, 0) is 10.2 Å². The van der Waals surface area contributed by atoms with Gasteiger partial charge in [-0.1, -0.05) is 24.3 Å². The van der Waals surface area contributed by atoms with Gasteiger partial charge in [-0.05, 0) is 43.4 Å². The molecule has 2 amide bonds. The lowest BCUT2D eigenvalue weighted by Gasteiger charge is -2.40. The molecule has 1 fully saturated rings. The Morgan fingerprint density at radius 1 is 1.27 bits per heavy atom. The van der Waals surface area contributed by atoms with Crippen LogP contribution >= 0.6 is 0 Å². The summed E-state index contributed by atoms with van der Waals surface area (Å²) in [6.07, 6.45) is 2.59. The number of piperidine rings is 1. The SMILES string of the molecule is CNC(=O)[C@@H]1CC2(CCN(C(=O)c3cc(C)[nH]n3)CC2)c2ccccc21. The minimum atomic E-state index is -0.0903. The Hall–Kier alpha value is -2.63. The molecule has 0 saturated carbocycles. The third-order valence-electron chi connectivity index (χ3n) is 6.00. The van der Waals surface area contributed by atoms with E-state index in [-0.39, 0.29) is 23.1 Å². The van der Waals surface area contributed by atoms with Gasteiger partial charge in [0.25, 0.3) is 5.91 Å². The number of hydrogen-bond acceptors (Lipinski definition) is 3. The molecule has 1 aromatic carbocycles. The van der Waals surface area contributed by atoms with E-state index in [1.807, 2.05) is 17.9 Å². The molecule has 0 radical (unpaired) electrons. The van der Waals surface area contributed by atoms with E-state index in [2.05, 4.69) is 33.7 Å². The van der Waals surface area contributed by atoms with Crippen LogP contribution in [0, 0.1) is 6.92 Å². The number of likely N-dealkylation sites (tertiary alicyclic amines) is 1. The van der Waals surface area contributed by atoms with Crippen molar-refractivity contribution in [2.45, 2.75) is 37.5 Å². The van der Waals surface area contributed by atoms with Gasteiger partial charge in [0, 0.05) is 31.2 Å². The summed E-state index contributed by atoms with van der Waals surface area (Å²) in [5.41, 5.74) is 3.80. The lowest BCUT2D eigenvalue weighted by Crippen LogP contribution is -2.44. The van der Waals surface area contributed by atoms with Crippen LogP contribution in [0.2, 0.25) is 0 Å². The van der Waals surface area contributed by atoms with Crippen molar-refractivity contribution in [2.24, 2.45) is 0 Å². The number of aromatic nitrogens is 2. The molecule has 1 atom stereocenters. The molecule has 1 spiro atoms. The van der Waals surface area contributed by atoms with Crippen LogP contribution in [0.5, 0.6) is 0 Å². The number of fused-ring (bicyclic) bond motifs is 2.